The van der Waals surface area contributed by atoms with Crippen LogP contribution in [0.15, 0.2) is 16.3 Å². The van der Waals surface area contributed by atoms with Crippen LogP contribution in [0.1, 0.15) is 4.88 Å². The van der Waals surface area contributed by atoms with E-state index >= 15 is 0 Å². The molecule has 1 rings (SSSR count). The van der Waals surface area contributed by atoms with E-state index in [1.54, 1.807) is 12.1 Å². The number of hydrogen-bond donors (Lipinski definition) is 1. The van der Waals surface area contributed by atoms with Gasteiger partial charge in [0.05, 0.1) is 6.54 Å². The lowest BCUT2D eigenvalue weighted by atomic mass is 10.5. The third-order valence-electron chi connectivity index (χ3n) is 1.97. The second kappa shape index (κ2) is 5.46. The van der Waals surface area contributed by atoms with E-state index in [-0.39, 0.29) is 6.54 Å². The van der Waals surface area contributed by atoms with Gasteiger partial charge in [-0.3, -0.25) is 0 Å². The van der Waals surface area contributed by atoms with E-state index in [4.69, 9.17) is 6.42 Å². The van der Waals surface area contributed by atoms with Crippen molar-refractivity contribution in [2.24, 2.45) is 0 Å². The Morgan fingerprint density at radius 1 is 1.56 bits per heavy atom. The monoisotopic (exact) mass is 258 g/mol. The summed E-state index contributed by atoms with van der Waals surface area (Å²) in [6.45, 7) is 0.751. The van der Waals surface area contributed by atoms with E-state index in [2.05, 4.69) is 11.2 Å². The zero-order chi connectivity index (χ0) is 12.2. The van der Waals surface area contributed by atoms with E-state index in [0.29, 0.717) is 10.8 Å². The highest BCUT2D eigenvalue weighted by atomic mass is 32.2. The maximum Gasteiger partial charge on any atom is 0.253 e. The van der Waals surface area contributed by atoms with Crippen LogP contribution in [0.2, 0.25) is 0 Å². The topological polar surface area (TPSA) is 49.4 Å². The molecule has 0 aromatic carbocycles. The van der Waals surface area contributed by atoms with E-state index in [1.165, 1.54) is 22.7 Å². The Balaban J connectivity index is 2.95. The van der Waals surface area contributed by atoms with Crippen molar-refractivity contribution in [1.29, 1.82) is 0 Å². The minimum atomic E-state index is -3.42. The molecule has 16 heavy (non-hydrogen) atoms. The van der Waals surface area contributed by atoms with Gasteiger partial charge in [-0.05, 0) is 19.2 Å². The highest BCUT2D eigenvalue weighted by molar-refractivity contribution is 7.91. The fraction of sp³-hybridized carbons (Fsp3) is 0.400. The molecule has 4 nitrogen and oxygen atoms in total. The summed E-state index contributed by atoms with van der Waals surface area (Å²) >= 11 is 1.26. The summed E-state index contributed by atoms with van der Waals surface area (Å²) in [7, 11) is -0.120. The number of hydrogen-bond acceptors (Lipinski definition) is 4. The van der Waals surface area contributed by atoms with Gasteiger partial charge in [-0.15, -0.1) is 17.8 Å². The van der Waals surface area contributed by atoms with Gasteiger partial charge in [0.25, 0.3) is 10.0 Å². The number of nitrogens with zero attached hydrogens (tertiary/aromatic N) is 1. The number of thiophene rings is 1. The standard InChI is InChI=1S/C10H14N2O2S2/c1-4-7-12(3)16(13,14)10-6-5-9(15-10)8-11-2/h1,5-6,11H,7-8H2,2-3H3. The first-order valence-corrected chi connectivity index (χ1v) is 6.91. The van der Waals surface area contributed by atoms with Crippen LogP contribution in [0.4, 0.5) is 0 Å². The summed E-state index contributed by atoms with van der Waals surface area (Å²) in [5, 5.41) is 2.97. The van der Waals surface area contributed by atoms with Crippen LogP contribution < -0.4 is 5.32 Å². The smallest absolute Gasteiger partial charge is 0.253 e. The van der Waals surface area contributed by atoms with Crippen molar-refractivity contribution in [3.8, 4) is 12.3 Å². The molecule has 0 atom stereocenters. The van der Waals surface area contributed by atoms with Crippen LogP contribution in [0.3, 0.4) is 0 Å². The molecule has 0 aliphatic carbocycles. The average molecular weight is 258 g/mol. The molecule has 1 N–H and O–H groups in total. The zero-order valence-electron chi connectivity index (χ0n) is 9.23. The minimum absolute atomic E-state index is 0.0849. The third-order valence-corrected chi connectivity index (χ3v) is 5.32. The number of nitrogens with one attached hydrogen (secondary N) is 1. The van der Waals surface area contributed by atoms with Gasteiger partial charge >= 0.3 is 0 Å². The van der Waals surface area contributed by atoms with Crippen molar-refractivity contribution in [2.45, 2.75) is 10.8 Å². The SMILES string of the molecule is C#CCN(C)S(=O)(=O)c1ccc(CNC)s1. The first-order valence-electron chi connectivity index (χ1n) is 4.65. The molecule has 0 radical (unpaired) electrons. The normalized spacial score (nSPS) is 11.6. The Hall–Kier alpha value is -0.870. The van der Waals surface area contributed by atoms with Gasteiger partial charge in [0.1, 0.15) is 4.21 Å². The van der Waals surface area contributed by atoms with Crippen LogP contribution in [0.5, 0.6) is 0 Å². The lowest BCUT2D eigenvalue weighted by Gasteiger charge is -2.12. The molecule has 0 aliphatic heterocycles. The molecule has 0 saturated carbocycles. The predicted molar refractivity (Wildman–Crippen MR) is 65.7 cm³/mol. The largest absolute Gasteiger partial charge is 0.315 e. The van der Waals surface area contributed by atoms with E-state index in [0.717, 1.165) is 4.88 Å². The zero-order valence-corrected chi connectivity index (χ0v) is 10.9. The van der Waals surface area contributed by atoms with Crippen LogP contribution in [0.25, 0.3) is 0 Å². The van der Waals surface area contributed by atoms with Crippen LogP contribution in [0, 0.1) is 12.3 Å². The Morgan fingerprint density at radius 3 is 2.81 bits per heavy atom. The van der Waals surface area contributed by atoms with Crippen LogP contribution in [-0.2, 0) is 16.6 Å². The first-order chi connectivity index (χ1) is 7.52. The van der Waals surface area contributed by atoms with Crippen molar-refractivity contribution >= 4 is 21.4 Å². The molecule has 0 spiro atoms. The van der Waals surface area contributed by atoms with Gasteiger partial charge < -0.3 is 5.32 Å². The van der Waals surface area contributed by atoms with Gasteiger partial charge in [0.15, 0.2) is 0 Å². The molecule has 0 aliphatic rings. The molecular weight excluding hydrogens is 244 g/mol. The Morgan fingerprint density at radius 2 is 2.25 bits per heavy atom. The first kappa shape index (κ1) is 13.2. The number of terminal acetylenes is 1. The molecule has 0 fully saturated rings. The molecule has 1 aromatic heterocycles. The number of sulfonamides is 1. The maximum atomic E-state index is 12.0. The molecule has 0 saturated heterocycles. The molecule has 0 amide bonds. The van der Waals surface area contributed by atoms with Crippen molar-refractivity contribution in [3.63, 3.8) is 0 Å². The average Bonchev–Trinajstić information content (AvgIpc) is 2.68. The molecule has 88 valence electrons. The predicted octanol–water partition coefficient (Wildman–Crippen LogP) is 0.721. The van der Waals surface area contributed by atoms with E-state index in [9.17, 15) is 8.42 Å². The highest BCUT2D eigenvalue weighted by Crippen LogP contribution is 2.23. The summed E-state index contributed by atoms with van der Waals surface area (Å²) in [6.07, 6.45) is 5.09. The van der Waals surface area contributed by atoms with Gasteiger partial charge in [-0.2, -0.15) is 4.31 Å². The summed E-state index contributed by atoms with van der Waals surface area (Å²) in [4.78, 5) is 0.982. The van der Waals surface area contributed by atoms with Gasteiger partial charge in [0, 0.05) is 18.5 Å². The van der Waals surface area contributed by atoms with Crippen molar-refractivity contribution in [2.75, 3.05) is 20.6 Å². The lowest BCUT2D eigenvalue weighted by Crippen LogP contribution is -2.26. The molecule has 0 unspecified atom stereocenters. The third kappa shape index (κ3) is 2.83. The van der Waals surface area contributed by atoms with Crippen LogP contribution in [-0.4, -0.2) is 33.4 Å². The second-order valence-corrected chi connectivity index (χ2v) is 6.66. The second-order valence-electron chi connectivity index (χ2n) is 3.22. The summed E-state index contributed by atoms with van der Waals surface area (Å²) in [5.74, 6) is 2.31. The Kier molecular flexibility index (Phi) is 4.50. The molecule has 6 heteroatoms. The molecule has 1 heterocycles. The summed E-state index contributed by atoms with van der Waals surface area (Å²) in [6, 6.07) is 3.41. The van der Waals surface area contributed by atoms with E-state index < -0.39 is 10.0 Å². The number of rotatable bonds is 5. The van der Waals surface area contributed by atoms with Gasteiger partial charge in [-0.25, -0.2) is 8.42 Å². The van der Waals surface area contributed by atoms with E-state index in [1.807, 2.05) is 7.05 Å². The van der Waals surface area contributed by atoms with Crippen molar-refractivity contribution < 1.29 is 8.42 Å². The molecule has 0 bridgehead atoms. The fourth-order valence-corrected chi connectivity index (χ4v) is 3.80. The Bertz CT molecular complexity index is 485. The van der Waals surface area contributed by atoms with Gasteiger partial charge in [-0.1, -0.05) is 5.92 Å². The summed E-state index contributed by atoms with van der Waals surface area (Å²) < 4.78 is 25.4. The lowest BCUT2D eigenvalue weighted by molar-refractivity contribution is 0.505. The van der Waals surface area contributed by atoms with Crippen molar-refractivity contribution in [1.82, 2.24) is 9.62 Å². The fourth-order valence-electron chi connectivity index (χ4n) is 1.13. The minimum Gasteiger partial charge on any atom is -0.315 e. The maximum absolute atomic E-state index is 12.0. The van der Waals surface area contributed by atoms with Crippen LogP contribution >= 0.6 is 11.3 Å². The molecule has 1 aromatic rings. The highest BCUT2D eigenvalue weighted by Gasteiger charge is 2.21. The van der Waals surface area contributed by atoms with Crippen molar-refractivity contribution in [3.05, 3.63) is 17.0 Å². The van der Waals surface area contributed by atoms with Gasteiger partial charge in [0.2, 0.25) is 0 Å². The summed E-state index contributed by atoms with van der Waals surface area (Å²) in [5.41, 5.74) is 0. The molecular formula is C10H14N2O2S2. The Labute approximate surface area is 100 Å². The quantitative estimate of drug-likeness (QED) is 0.792.